The van der Waals surface area contributed by atoms with E-state index in [1.165, 1.54) is 26.4 Å². The average Bonchev–Trinajstić information content (AvgIpc) is 2.39. The number of anilines is 2. The first kappa shape index (κ1) is 12.9. The van der Waals surface area contributed by atoms with E-state index in [4.69, 9.17) is 9.47 Å². The summed E-state index contributed by atoms with van der Waals surface area (Å²) in [7, 11) is 2.94. The second-order valence-corrected chi connectivity index (χ2v) is 3.84. The fourth-order valence-corrected chi connectivity index (χ4v) is 1.82. The van der Waals surface area contributed by atoms with Crippen molar-refractivity contribution in [3.8, 4) is 23.0 Å². The molecule has 0 spiro atoms. The maximum atomic E-state index is 9.70. The SMILES string of the molecule is COc1c(O)cccc1Nc1cccc(O)c1OC. The Balaban J connectivity index is 2.42. The third-order valence-electron chi connectivity index (χ3n) is 2.67. The van der Waals surface area contributed by atoms with E-state index in [2.05, 4.69) is 5.32 Å². The summed E-state index contributed by atoms with van der Waals surface area (Å²) in [5.74, 6) is 0.721. The van der Waals surface area contributed by atoms with Crippen LogP contribution in [0, 0.1) is 0 Å². The Bertz CT molecular complexity index is 532. The molecule has 0 heterocycles. The summed E-state index contributed by atoms with van der Waals surface area (Å²) in [6.07, 6.45) is 0. The maximum Gasteiger partial charge on any atom is 0.184 e. The molecule has 19 heavy (non-hydrogen) atoms. The molecule has 5 nitrogen and oxygen atoms in total. The number of phenolic OH excluding ortho intramolecular Hbond substituents is 2. The third-order valence-corrected chi connectivity index (χ3v) is 2.67. The van der Waals surface area contributed by atoms with Crippen LogP contribution in [0.3, 0.4) is 0 Å². The molecule has 0 aliphatic carbocycles. The molecule has 0 bridgehead atoms. The van der Waals surface area contributed by atoms with Crippen LogP contribution in [0.15, 0.2) is 36.4 Å². The monoisotopic (exact) mass is 261 g/mol. The van der Waals surface area contributed by atoms with Gasteiger partial charge in [0.05, 0.1) is 25.6 Å². The molecule has 2 aromatic carbocycles. The number of ether oxygens (including phenoxy) is 2. The fourth-order valence-electron chi connectivity index (χ4n) is 1.82. The number of methoxy groups -OCH3 is 2. The first-order valence-corrected chi connectivity index (χ1v) is 5.66. The van der Waals surface area contributed by atoms with Crippen LogP contribution in [0.4, 0.5) is 11.4 Å². The summed E-state index contributed by atoms with van der Waals surface area (Å²) in [6.45, 7) is 0. The van der Waals surface area contributed by atoms with Crippen molar-refractivity contribution in [2.75, 3.05) is 19.5 Å². The van der Waals surface area contributed by atoms with Gasteiger partial charge in [0, 0.05) is 0 Å². The number of aromatic hydroxyl groups is 2. The Morgan fingerprint density at radius 1 is 0.789 bits per heavy atom. The number of phenols is 2. The molecule has 2 rings (SSSR count). The molecule has 0 unspecified atom stereocenters. The third kappa shape index (κ3) is 2.49. The van der Waals surface area contributed by atoms with Crippen molar-refractivity contribution in [2.45, 2.75) is 0 Å². The molecule has 0 radical (unpaired) electrons. The van der Waals surface area contributed by atoms with Gasteiger partial charge in [0.25, 0.3) is 0 Å². The molecular formula is C14H15NO4. The Morgan fingerprint density at radius 3 is 1.58 bits per heavy atom. The lowest BCUT2D eigenvalue weighted by atomic mass is 10.2. The van der Waals surface area contributed by atoms with Gasteiger partial charge in [-0.25, -0.2) is 0 Å². The number of hydrogen-bond donors (Lipinski definition) is 3. The van der Waals surface area contributed by atoms with Crippen LogP contribution in [0.5, 0.6) is 23.0 Å². The van der Waals surface area contributed by atoms with Crippen molar-refractivity contribution in [3.05, 3.63) is 36.4 Å². The number of benzene rings is 2. The lowest BCUT2D eigenvalue weighted by molar-refractivity contribution is 0.373. The van der Waals surface area contributed by atoms with Crippen LogP contribution >= 0.6 is 0 Å². The van der Waals surface area contributed by atoms with Crippen molar-refractivity contribution in [1.29, 1.82) is 0 Å². The van der Waals surface area contributed by atoms with Gasteiger partial charge in [-0.2, -0.15) is 0 Å². The van der Waals surface area contributed by atoms with E-state index in [-0.39, 0.29) is 11.5 Å². The second kappa shape index (κ2) is 5.39. The smallest absolute Gasteiger partial charge is 0.184 e. The van der Waals surface area contributed by atoms with Crippen LogP contribution < -0.4 is 14.8 Å². The molecule has 0 amide bonds. The van der Waals surface area contributed by atoms with Gasteiger partial charge in [0.1, 0.15) is 0 Å². The van der Waals surface area contributed by atoms with Gasteiger partial charge in [-0.15, -0.1) is 0 Å². The highest BCUT2D eigenvalue weighted by Gasteiger charge is 2.12. The van der Waals surface area contributed by atoms with E-state index >= 15 is 0 Å². The van der Waals surface area contributed by atoms with E-state index in [0.717, 1.165) is 0 Å². The van der Waals surface area contributed by atoms with Crippen LogP contribution in [0.2, 0.25) is 0 Å². The Labute approximate surface area is 111 Å². The molecule has 0 aromatic heterocycles. The van der Waals surface area contributed by atoms with Crippen LogP contribution in [-0.4, -0.2) is 24.4 Å². The summed E-state index contributed by atoms with van der Waals surface area (Å²) < 4.78 is 10.3. The summed E-state index contributed by atoms with van der Waals surface area (Å²) in [5.41, 5.74) is 1.15. The lowest BCUT2D eigenvalue weighted by Crippen LogP contribution is -1.97. The zero-order chi connectivity index (χ0) is 13.8. The number of para-hydroxylation sites is 2. The number of nitrogens with one attached hydrogen (secondary N) is 1. The van der Waals surface area contributed by atoms with Crippen molar-refractivity contribution in [1.82, 2.24) is 0 Å². The van der Waals surface area contributed by atoms with E-state index < -0.39 is 0 Å². The first-order chi connectivity index (χ1) is 9.17. The zero-order valence-electron chi connectivity index (χ0n) is 10.7. The highest BCUT2D eigenvalue weighted by atomic mass is 16.5. The van der Waals surface area contributed by atoms with Gasteiger partial charge < -0.3 is 25.0 Å². The van der Waals surface area contributed by atoms with Gasteiger partial charge in [0.15, 0.2) is 23.0 Å². The molecule has 0 atom stereocenters. The van der Waals surface area contributed by atoms with Crippen LogP contribution in [0.25, 0.3) is 0 Å². The minimum Gasteiger partial charge on any atom is -0.504 e. The van der Waals surface area contributed by atoms with Gasteiger partial charge >= 0.3 is 0 Å². The molecule has 0 saturated heterocycles. The van der Waals surface area contributed by atoms with Crippen LogP contribution in [0.1, 0.15) is 0 Å². The minimum absolute atomic E-state index is 0.0339. The molecular weight excluding hydrogens is 246 g/mol. The first-order valence-electron chi connectivity index (χ1n) is 5.66. The van der Waals surface area contributed by atoms with E-state index in [9.17, 15) is 10.2 Å². The van der Waals surface area contributed by atoms with Crippen molar-refractivity contribution in [3.63, 3.8) is 0 Å². The molecule has 0 fully saturated rings. The zero-order valence-corrected chi connectivity index (χ0v) is 10.7. The Hall–Kier alpha value is -2.56. The van der Waals surface area contributed by atoms with E-state index in [1.54, 1.807) is 24.3 Å². The summed E-state index contributed by atoms with van der Waals surface area (Å²) in [5, 5.41) is 22.5. The molecule has 0 aliphatic rings. The van der Waals surface area contributed by atoms with E-state index in [1.807, 2.05) is 0 Å². The molecule has 0 saturated carbocycles. The largest absolute Gasteiger partial charge is 0.504 e. The molecule has 5 heteroatoms. The predicted molar refractivity (Wildman–Crippen MR) is 72.6 cm³/mol. The van der Waals surface area contributed by atoms with Gasteiger partial charge in [0.2, 0.25) is 0 Å². The normalized spacial score (nSPS) is 10.0. The van der Waals surface area contributed by atoms with Gasteiger partial charge in [-0.05, 0) is 24.3 Å². The Morgan fingerprint density at radius 2 is 1.21 bits per heavy atom. The molecule has 0 aliphatic heterocycles. The number of hydrogen-bond acceptors (Lipinski definition) is 5. The quantitative estimate of drug-likeness (QED) is 0.789. The standard InChI is InChI=1S/C14H15NO4/c1-18-13-9(5-3-7-11(13)16)15-10-6-4-8-12(17)14(10)19-2/h3-8,15-17H,1-2H3. The highest BCUT2D eigenvalue weighted by molar-refractivity contribution is 5.74. The van der Waals surface area contributed by atoms with Gasteiger partial charge in [-0.3, -0.25) is 0 Å². The van der Waals surface area contributed by atoms with Crippen LogP contribution in [-0.2, 0) is 0 Å². The van der Waals surface area contributed by atoms with Crippen molar-refractivity contribution < 1.29 is 19.7 Å². The van der Waals surface area contributed by atoms with E-state index in [0.29, 0.717) is 22.9 Å². The molecule has 2 aromatic rings. The Kier molecular flexibility index (Phi) is 3.66. The van der Waals surface area contributed by atoms with Crippen molar-refractivity contribution in [2.24, 2.45) is 0 Å². The molecule has 100 valence electrons. The topological polar surface area (TPSA) is 71.0 Å². The second-order valence-electron chi connectivity index (χ2n) is 3.84. The van der Waals surface area contributed by atoms with Gasteiger partial charge in [-0.1, -0.05) is 12.1 Å². The minimum atomic E-state index is 0.0339. The van der Waals surface area contributed by atoms with Crippen molar-refractivity contribution >= 4 is 11.4 Å². The average molecular weight is 261 g/mol. The predicted octanol–water partition coefficient (Wildman–Crippen LogP) is 2.86. The highest BCUT2D eigenvalue weighted by Crippen LogP contribution is 2.40. The summed E-state index contributed by atoms with van der Waals surface area (Å²) in [4.78, 5) is 0. The maximum absolute atomic E-state index is 9.70. The summed E-state index contributed by atoms with van der Waals surface area (Å²) in [6, 6.07) is 9.95. The lowest BCUT2D eigenvalue weighted by Gasteiger charge is -2.15. The fraction of sp³-hybridized carbons (Fsp3) is 0.143. The molecule has 3 N–H and O–H groups in total. The summed E-state index contributed by atoms with van der Waals surface area (Å²) >= 11 is 0. The number of rotatable bonds is 4.